The zero-order chi connectivity index (χ0) is 14.7. The molecule has 1 aromatic carbocycles. The van der Waals surface area contributed by atoms with Gasteiger partial charge in [-0.15, -0.1) is 0 Å². The van der Waals surface area contributed by atoms with Crippen LogP contribution in [0.5, 0.6) is 5.75 Å². The van der Waals surface area contributed by atoms with Gasteiger partial charge in [0.2, 0.25) is 0 Å². The summed E-state index contributed by atoms with van der Waals surface area (Å²) in [7, 11) is 0. The van der Waals surface area contributed by atoms with Crippen LogP contribution in [0.2, 0.25) is 0 Å². The third-order valence-electron chi connectivity index (χ3n) is 4.34. The van der Waals surface area contributed by atoms with Crippen LogP contribution in [0.3, 0.4) is 0 Å². The lowest BCUT2D eigenvalue weighted by atomic mass is 9.93. The monoisotopic (exact) mass is 284 g/mol. The van der Waals surface area contributed by atoms with Crippen LogP contribution < -0.4 is 4.74 Å². The third-order valence-corrected chi connectivity index (χ3v) is 4.34. The summed E-state index contributed by atoms with van der Waals surface area (Å²) in [6.07, 6.45) is 2.72. The van der Waals surface area contributed by atoms with Crippen LogP contribution in [0.4, 0.5) is 0 Å². The predicted molar refractivity (Wildman–Crippen MR) is 80.1 cm³/mol. The first-order valence-corrected chi connectivity index (χ1v) is 7.50. The first kappa shape index (κ1) is 14.0. The minimum Gasteiger partial charge on any atom is -0.511 e. The van der Waals surface area contributed by atoms with E-state index in [4.69, 9.17) is 10.00 Å². The van der Waals surface area contributed by atoms with E-state index in [0.29, 0.717) is 24.5 Å². The standard InChI is InChI=1S/C17H20N2O2/c18-10-15-11-19(8-6-16(15)20)7-5-13-9-14-3-1-2-4-17(14)21-12-13/h1-4,13,20H,5-9,11-12H2. The van der Waals surface area contributed by atoms with E-state index in [0.717, 1.165) is 38.3 Å². The van der Waals surface area contributed by atoms with Gasteiger partial charge in [-0.25, -0.2) is 0 Å². The van der Waals surface area contributed by atoms with Crippen molar-refractivity contribution in [1.29, 1.82) is 5.26 Å². The molecule has 2 heterocycles. The summed E-state index contributed by atoms with van der Waals surface area (Å²) >= 11 is 0. The molecule has 0 fully saturated rings. The van der Waals surface area contributed by atoms with Crippen molar-refractivity contribution in [3.8, 4) is 11.8 Å². The highest BCUT2D eigenvalue weighted by Gasteiger charge is 2.22. The van der Waals surface area contributed by atoms with Gasteiger partial charge in [-0.2, -0.15) is 5.26 Å². The fourth-order valence-electron chi connectivity index (χ4n) is 3.04. The van der Waals surface area contributed by atoms with Crippen LogP contribution >= 0.6 is 0 Å². The molecule has 0 radical (unpaired) electrons. The molecule has 0 aliphatic carbocycles. The molecule has 1 aromatic rings. The molecule has 1 N–H and O–H groups in total. The van der Waals surface area contributed by atoms with Gasteiger partial charge in [0.1, 0.15) is 11.5 Å². The summed E-state index contributed by atoms with van der Waals surface area (Å²) in [6.45, 7) is 3.14. The van der Waals surface area contributed by atoms with Crippen molar-refractivity contribution in [3.05, 3.63) is 41.2 Å². The maximum atomic E-state index is 9.62. The number of rotatable bonds is 3. The zero-order valence-corrected chi connectivity index (χ0v) is 12.1. The molecule has 0 saturated carbocycles. The number of aliphatic hydroxyl groups is 1. The van der Waals surface area contributed by atoms with Crippen molar-refractivity contribution in [2.75, 3.05) is 26.2 Å². The van der Waals surface area contributed by atoms with Gasteiger partial charge in [0, 0.05) is 19.5 Å². The van der Waals surface area contributed by atoms with Gasteiger partial charge in [0.05, 0.1) is 18.2 Å². The van der Waals surface area contributed by atoms with Crippen LogP contribution in [0.15, 0.2) is 35.6 Å². The van der Waals surface area contributed by atoms with Crippen LogP contribution in [0.25, 0.3) is 0 Å². The number of benzene rings is 1. The van der Waals surface area contributed by atoms with Gasteiger partial charge in [-0.05, 0) is 36.9 Å². The summed E-state index contributed by atoms with van der Waals surface area (Å²) in [5.41, 5.74) is 1.81. The second kappa shape index (κ2) is 6.19. The normalized spacial score (nSPS) is 22.3. The Labute approximate surface area is 125 Å². The van der Waals surface area contributed by atoms with E-state index in [9.17, 15) is 5.11 Å². The van der Waals surface area contributed by atoms with Crippen molar-refractivity contribution < 1.29 is 9.84 Å². The highest BCUT2D eigenvalue weighted by atomic mass is 16.5. The van der Waals surface area contributed by atoms with E-state index in [1.165, 1.54) is 5.56 Å². The lowest BCUT2D eigenvalue weighted by Gasteiger charge is -2.30. The van der Waals surface area contributed by atoms with Crippen molar-refractivity contribution >= 4 is 0 Å². The van der Waals surface area contributed by atoms with Crippen LogP contribution in [0, 0.1) is 17.2 Å². The minimum atomic E-state index is 0.267. The highest BCUT2D eigenvalue weighted by Crippen LogP contribution is 2.28. The fraction of sp³-hybridized carbons (Fsp3) is 0.471. The van der Waals surface area contributed by atoms with E-state index in [1.807, 2.05) is 12.1 Å². The molecule has 4 heteroatoms. The SMILES string of the molecule is N#CC1=C(O)CCN(CCC2COc3ccccc3C2)C1. The van der Waals surface area contributed by atoms with E-state index < -0.39 is 0 Å². The maximum absolute atomic E-state index is 9.62. The summed E-state index contributed by atoms with van der Waals surface area (Å²) in [5, 5.41) is 18.6. The fourth-order valence-corrected chi connectivity index (χ4v) is 3.04. The number of hydrogen-bond acceptors (Lipinski definition) is 4. The van der Waals surface area contributed by atoms with E-state index in [-0.39, 0.29) is 5.76 Å². The average Bonchev–Trinajstić information content (AvgIpc) is 2.54. The summed E-state index contributed by atoms with van der Waals surface area (Å²) < 4.78 is 5.82. The van der Waals surface area contributed by atoms with Gasteiger partial charge in [0.25, 0.3) is 0 Å². The predicted octanol–water partition coefficient (Wildman–Crippen LogP) is 2.67. The van der Waals surface area contributed by atoms with Crippen molar-refractivity contribution in [3.63, 3.8) is 0 Å². The molecule has 0 spiro atoms. The molecule has 2 aliphatic rings. The van der Waals surface area contributed by atoms with E-state index in [2.05, 4.69) is 23.1 Å². The lowest BCUT2D eigenvalue weighted by molar-refractivity contribution is 0.183. The molecule has 21 heavy (non-hydrogen) atoms. The number of nitrogens with zero attached hydrogens (tertiary/aromatic N) is 2. The van der Waals surface area contributed by atoms with Gasteiger partial charge >= 0.3 is 0 Å². The van der Waals surface area contributed by atoms with Crippen LogP contribution in [-0.4, -0.2) is 36.2 Å². The zero-order valence-electron chi connectivity index (χ0n) is 12.1. The number of ether oxygens (including phenoxy) is 1. The Morgan fingerprint density at radius 3 is 3.10 bits per heavy atom. The smallest absolute Gasteiger partial charge is 0.122 e. The van der Waals surface area contributed by atoms with E-state index >= 15 is 0 Å². The molecule has 1 atom stereocenters. The Bertz CT molecular complexity index is 589. The molecule has 0 amide bonds. The van der Waals surface area contributed by atoms with Crippen molar-refractivity contribution in [2.24, 2.45) is 5.92 Å². The average molecular weight is 284 g/mol. The first-order chi connectivity index (χ1) is 10.3. The Balaban J connectivity index is 1.52. The van der Waals surface area contributed by atoms with Crippen LogP contribution in [0.1, 0.15) is 18.4 Å². The molecule has 0 aromatic heterocycles. The maximum Gasteiger partial charge on any atom is 0.122 e. The molecule has 110 valence electrons. The minimum absolute atomic E-state index is 0.267. The van der Waals surface area contributed by atoms with E-state index in [1.54, 1.807) is 0 Å². The molecule has 0 bridgehead atoms. The lowest BCUT2D eigenvalue weighted by Crippen LogP contribution is -2.34. The second-order valence-corrected chi connectivity index (χ2v) is 5.84. The highest BCUT2D eigenvalue weighted by molar-refractivity contribution is 5.35. The molecular weight excluding hydrogens is 264 g/mol. The largest absolute Gasteiger partial charge is 0.511 e. The molecular formula is C17H20N2O2. The van der Waals surface area contributed by atoms with Crippen molar-refractivity contribution in [1.82, 2.24) is 4.90 Å². The molecule has 1 unspecified atom stereocenters. The Hall–Kier alpha value is -1.99. The molecule has 4 nitrogen and oxygen atoms in total. The summed E-state index contributed by atoms with van der Waals surface area (Å²) in [6, 6.07) is 10.3. The Kier molecular flexibility index (Phi) is 4.12. The third kappa shape index (κ3) is 3.20. The summed E-state index contributed by atoms with van der Waals surface area (Å²) in [4.78, 5) is 2.25. The molecule has 3 rings (SSSR count). The summed E-state index contributed by atoms with van der Waals surface area (Å²) in [5.74, 6) is 1.82. The van der Waals surface area contributed by atoms with Gasteiger partial charge in [0.15, 0.2) is 0 Å². The second-order valence-electron chi connectivity index (χ2n) is 5.84. The van der Waals surface area contributed by atoms with Crippen LogP contribution in [-0.2, 0) is 6.42 Å². The number of nitriles is 1. The number of hydrogen-bond donors (Lipinski definition) is 1. The topological polar surface area (TPSA) is 56.5 Å². The molecule has 0 saturated heterocycles. The quantitative estimate of drug-likeness (QED) is 0.927. The van der Waals surface area contributed by atoms with Gasteiger partial charge < -0.3 is 9.84 Å². The Morgan fingerprint density at radius 1 is 1.38 bits per heavy atom. The van der Waals surface area contributed by atoms with Crippen molar-refractivity contribution in [2.45, 2.75) is 19.3 Å². The first-order valence-electron chi connectivity index (χ1n) is 7.50. The number of fused-ring (bicyclic) bond motifs is 1. The van der Waals surface area contributed by atoms with Gasteiger partial charge in [-0.3, -0.25) is 4.90 Å². The number of aliphatic hydroxyl groups excluding tert-OH is 1. The number of para-hydroxylation sites is 1. The molecule has 2 aliphatic heterocycles. The van der Waals surface area contributed by atoms with Gasteiger partial charge in [-0.1, -0.05) is 18.2 Å². The Morgan fingerprint density at radius 2 is 2.24 bits per heavy atom.